The van der Waals surface area contributed by atoms with Crippen LogP contribution in [0.4, 0.5) is 0 Å². The molecule has 4 nitrogen and oxygen atoms in total. The molecule has 0 saturated carbocycles. The molecule has 1 heterocycles. The van der Waals surface area contributed by atoms with Crippen molar-refractivity contribution in [3.8, 4) is 0 Å². The Morgan fingerprint density at radius 3 is 2.65 bits per heavy atom. The Kier molecular flexibility index (Phi) is 4.79. The molecule has 0 radical (unpaired) electrons. The molecule has 1 aromatic carbocycles. The van der Waals surface area contributed by atoms with Crippen LogP contribution in [0.25, 0.3) is 0 Å². The van der Waals surface area contributed by atoms with Gasteiger partial charge in [0.15, 0.2) is 0 Å². The maximum absolute atomic E-state index is 12.2. The van der Waals surface area contributed by atoms with E-state index in [0.717, 1.165) is 5.56 Å². The molecule has 1 N–H and O–H groups in total. The highest BCUT2D eigenvalue weighted by atomic mass is 35.5. The van der Waals surface area contributed by atoms with E-state index >= 15 is 0 Å². The second-order valence-electron chi connectivity index (χ2n) is 4.92. The summed E-state index contributed by atoms with van der Waals surface area (Å²) in [6, 6.07) is 9.89. The summed E-state index contributed by atoms with van der Waals surface area (Å²) in [5, 5.41) is 7.67. The topological polar surface area (TPSA) is 46.9 Å². The number of aromatic nitrogens is 2. The van der Waals surface area contributed by atoms with Crippen molar-refractivity contribution in [1.29, 1.82) is 0 Å². The zero-order chi connectivity index (χ0) is 14.5. The van der Waals surface area contributed by atoms with Crippen LogP contribution in [0.1, 0.15) is 25.5 Å². The lowest BCUT2D eigenvalue weighted by molar-refractivity contribution is -0.125. The minimum atomic E-state index is -0.169. The molecule has 0 bridgehead atoms. The van der Waals surface area contributed by atoms with Gasteiger partial charge in [-0.25, -0.2) is 0 Å². The Bertz CT molecular complexity index is 568. The maximum atomic E-state index is 12.2. The van der Waals surface area contributed by atoms with Crippen molar-refractivity contribution in [3.63, 3.8) is 0 Å². The average Bonchev–Trinajstić information content (AvgIpc) is 2.85. The second-order valence-corrected chi connectivity index (χ2v) is 5.36. The fourth-order valence-corrected chi connectivity index (χ4v) is 2.14. The molecule has 2 atom stereocenters. The number of nitrogens with one attached hydrogen (secondary N) is 1. The molecule has 0 spiro atoms. The van der Waals surface area contributed by atoms with Crippen LogP contribution < -0.4 is 5.32 Å². The SMILES string of the molecule is CC(Cn1cc(Cl)cn1)C(=O)NC(C)c1ccccc1. The normalized spacial score (nSPS) is 13.8. The zero-order valence-electron chi connectivity index (χ0n) is 11.6. The van der Waals surface area contributed by atoms with E-state index in [9.17, 15) is 4.79 Å². The predicted octanol–water partition coefficient (Wildman–Crippen LogP) is 3.05. The lowest BCUT2D eigenvalue weighted by Gasteiger charge is -2.18. The van der Waals surface area contributed by atoms with Crippen molar-refractivity contribution >= 4 is 17.5 Å². The Labute approximate surface area is 123 Å². The number of amides is 1. The first-order valence-corrected chi connectivity index (χ1v) is 6.97. The van der Waals surface area contributed by atoms with Gasteiger partial charge >= 0.3 is 0 Å². The van der Waals surface area contributed by atoms with Crippen LogP contribution in [0.2, 0.25) is 5.02 Å². The Morgan fingerprint density at radius 2 is 2.05 bits per heavy atom. The number of rotatable bonds is 5. The summed E-state index contributed by atoms with van der Waals surface area (Å²) in [5.74, 6) is -0.162. The van der Waals surface area contributed by atoms with Gasteiger partial charge in [-0.15, -0.1) is 0 Å². The number of halogens is 1. The van der Waals surface area contributed by atoms with Gasteiger partial charge in [0.25, 0.3) is 0 Å². The molecule has 1 amide bonds. The average molecular weight is 292 g/mol. The molecule has 0 aliphatic carbocycles. The Morgan fingerprint density at radius 1 is 1.35 bits per heavy atom. The highest BCUT2D eigenvalue weighted by molar-refractivity contribution is 6.30. The van der Waals surface area contributed by atoms with Crippen molar-refractivity contribution in [3.05, 3.63) is 53.3 Å². The van der Waals surface area contributed by atoms with Gasteiger partial charge in [0.05, 0.1) is 29.7 Å². The smallest absolute Gasteiger partial charge is 0.225 e. The molecule has 20 heavy (non-hydrogen) atoms. The molecule has 0 aliphatic heterocycles. The number of carbonyl (C=O) groups excluding carboxylic acids is 1. The molecule has 0 saturated heterocycles. The third kappa shape index (κ3) is 3.84. The number of nitrogens with zero attached hydrogens (tertiary/aromatic N) is 2. The summed E-state index contributed by atoms with van der Waals surface area (Å²) in [5.41, 5.74) is 1.09. The van der Waals surface area contributed by atoms with E-state index < -0.39 is 0 Å². The van der Waals surface area contributed by atoms with Gasteiger partial charge in [0.1, 0.15) is 0 Å². The fraction of sp³-hybridized carbons (Fsp3) is 0.333. The molecular formula is C15H18ClN3O. The highest BCUT2D eigenvalue weighted by Gasteiger charge is 2.16. The van der Waals surface area contributed by atoms with Crippen molar-refractivity contribution in [2.45, 2.75) is 26.4 Å². The monoisotopic (exact) mass is 291 g/mol. The lowest BCUT2D eigenvalue weighted by Crippen LogP contribution is -2.33. The summed E-state index contributed by atoms with van der Waals surface area (Å²) in [4.78, 5) is 12.2. The Hall–Kier alpha value is -1.81. The number of hydrogen-bond donors (Lipinski definition) is 1. The number of benzene rings is 1. The first-order valence-electron chi connectivity index (χ1n) is 6.59. The molecule has 5 heteroatoms. The van der Waals surface area contributed by atoms with Crippen molar-refractivity contribution in [2.75, 3.05) is 0 Å². The fourth-order valence-electron chi connectivity index (χ4n) is 1.98. The van der Waals surface area contributed by atoms with Crippen molar-refractivity contribution in [1.82, 2.24) is 15.1 Å². The van der Waals surface area contributed by atoms with Gasteiger partial charge in [-0.1, -0.05) is 48.9 Å². The summed E-state index contributed by atoms with van der Waals surface area (Å²) in [6.07, 6.45) is 3.28. The molecule has 2 rings (SSSR count). The summed E-state index contributed by atoms with van der Waals surface area (Å²) in [6.45, 7) is 4.37. The van der Waals surface area contributed by atoms with Gasteiger partial charge in [0, 0.05) is 6.20 Å². The van der Waals surface area contributed by atoms with Gasteiger partial charge in [0.2, 0.25) is 5.91 Å². The molecule has 106 valence electrons. The van der Waals surface area contributed by atoms with Crippen molar-refractivity contribution < 1.29 is 4.79 Å². The largest absolute Gasteiger partial charge is 0.349 e. The zero-order valence-corrected chi connectivity index (χ0v) is 12.3. The summed E-state index contributed by atoms with van der Waals surface area (Å²) < 4.78 is 1.68. The van der Waals surface area contributed by atoms with E-state index in [1.54, 1.807) is 17.1 Å². The quantitative estimate of drug-likeness (QED) is 0.920. The predicted molar refractivity (Wildman–Crippen MR) is 79.4 cm³/mol. The van der Waals surface area contributed by atoms with Gasteiger partial charge in [-0.3, -0.25) is 9.48 Å². The summed E-state index contributed by atoms with van der Waals surface area (Å²) in [7, 11) is 0. The first-order chi connectivity index (χ1) is 9.56. The van der Waals surface area contributed by atoms with E-state index in [-0.39, 0.29) is 17.9 Å². The van der Waals surface area contributed by atoms with Crippen LogP contribution >= 0.6 is 11.6 Å². The van der Waals surface area contributed by atoms with Crippen LogP contribution in [-0.2, 0) is 11.3 Å². The molecule has 1 aromatic heterocycles. The van der Waals surface area contributed by atoms with Crippen LogP contribution in [-0.4, -0.2) is 15.7 Å². The molecule has 2 unspecified atom stereocenters. The molecular weight excluding hydrogens is 274 g/mol. The van der Waals surface area contributed by atoms with E-state index in [4.69, 9.17) is 11.6 Å². The van der Waals surface area contributed by atoms with Gasteiger partial charge < -0.3 is 5.32 Å². The van der Waals surface area contributed by atoms with Crippen molar-refractivity contribution in [2.24, 2.45) is 5.92 Å². The molecule has 0 aliphatic rings. The summed E-state index contributed by atoms with van der Waals surface area (Å²) >= 11 is 5.80. The highest BCUT2D eigenvalue weighted by Crippen LogP contribution is 2.13. The minimum Gasteiger partial charge on any atom is -0.349 e. The van der Waals surface area contributed by atoms with Crippen LogP contribution in [0, 0.1) is 5.92 Å². The third-order valence-corrected chi connectivity index (χ3v) is 3.36. The van der Waals surface area contributed by atoms with Crippen LogP contribution in [0.3, 0.4) is 0 Å². The van der Waals surface area contributed by atoms with E-state index in [1.807, 2.05) is 44.2 Å². The third-order valence-electron chi connectivity index (χ3n) is 3.17. The van der Waals surface area contributed by atoms with Crippen LogP contribution in [0.5, 0.6) is 0 Å². The van der Waals surface area contributed by atoms with E-state index in [1.165, 1.54) is 0 Å². The number of carbonyl (C=O) groups is 1. The number of hydrogen-bond acceptors (Lipinski definition) is 2. The second kappa shape index (κ2) is 6.57. The Balaban J connectivity index is 1.91. The standard InChI is InChI=1S/C15H18ClN3O/c1-11(9-19-10-14(16)8-17-19)15(20)18-12(2)13-6-4-3-5-7-13/h3-8,10-12H,9H2,1-2H3,(H,18,20). The van der Waals surface area contributed by atoms with Crippen LogP contribution in [0.15, 0.2) is 42.7 Å². The molecule has 2 aromatic rings. The first kappa shape index (κ1) is 14.6. The minimum absolute atomic E-state index is 0.00707. The van der Waals surface area contributed by atoms with E-state index in [2.05, 4.69) is 10.4 Å². The lowest BCUT2D eigenvalue weighted by atomic mass is 10.1. The van der Waals surface area contributed by atoms with E-state index in [0.29, 0.717) is 11.6 Å². The van der Waals surface area contributed by atoms with Gasteiger partial charge in [-0.2, -0.15) is 5.10 Å². The van der Waals surface area contributed by atoms with Gasteiger partial charge in [-0.05, 0) is 12.5 Å². The maximum Gasteiger partial charge on any atom is 0.225 e. The molecule has 0 fully saturated rings.